The number of nitrogens with one attached hydrogen (secondary N) is 1. The normalized spacial score (nSPS) is 13.4. The van der Waals surface area contributed by atoms with Crippen LogP contribution >= 0.6 is 11.6 Å². The third kappa shape index (κ3) is 3.89. The molecule has 0 fully saturated rings. The molecule has 0 bridgehead atoms. The molecule has 2 N–H and O–H groups in total. The number of rotatable bonds is 4. The summed E-state index contributed by atoms with van der Waals surface area (Å²) < 4.78 is 37.7. The number of aliphatic carboxylic acids is 1. The number of alkyl halides is 3. The van der Waals surface area contributed by atoms with E-state index in [-0.39, 0.29) is 11.6 Å². The number of carbonyl (C=O) groups is 1. The molecule has 1 aromatic rings. The Kier molecular flexibility index (Phi) is 4.59. The molecule has 1 unspecified atom stereocenters. The summed E-state index contributed by atoms with van der Waals surface area (Å²) in [5, 5.41) is 10.8. The molecular formula is C11H11ClF3NO2. The number of carboxylic acid groups (broad SMARTS) is 1. The van der Waals surface area contributed by atoms with Crippen LogP contribution in [0, 0.1) is 0 Å². The van der Waals surface area contributed by atoms with Crippen molar-refractivity contribution < 1.29 is 23.1 Å². The Morgan fingerprint density at radius 1 is 1.50 bits per heavy atom. The maximum absolute atomic E-state index is 12.6. The van der Waals surface area contributed by atoms with E-state index in [0.717, 1.165) is 12.1 Å². The molecule has 0 aromatic heterocycles. The Morgan fingerprint density at radius 3 is 2.61 bits per heavy atom. The quantitative estimate of drug-likeness (QED) is 0.892. The maximum atomic E-state index is 12.6. The van der Waals surface area contributed by atoms with Gasteiger partial charge in [0.2, 0.25) is 0 Å². The van der Waals surface area contributed by atoms with Gasteiger partial charge >= 0.3 is 12.1 Å². The first-order valence-corrected chi connectivity index (χ1v) is 5.41. The summed E-state index contributed by atoms with van der Waals surface area (Å²) in [4.78, 5) is 10.5. The van der Waals surface area contributed by atoms with E-state index >= 15 is 0 Å². The lowest BCUT2D eigenvalue weighted by atomic mass is 10.1. The van der Waals surface area contributed by atoms with Crippen molar-refractivity contribution in [2.45, 2.75) is 25.7 Å². The van der Waals surface area contributed by atoms with Gasteiger partial charge in [-0.05, 0) is 24.6 Å². The fraction of sp³-hybridized carbons (Fsp3) is 0.364. The molecule has 0 saturated carbocycles. The van der Waals surface area contributed by atoms with Crippen LogP contribution in [-0.2, 0) is 17.5 Å². The summed E-state index contributed by atoms with van der Waals surface area (Å²) in [5.41, 5.74) is -0.605. The average Bonchev–Trinajstić information content (AvgIpc) is 2.25. The van der Waals surface area contributed by atoms with Crippen LogP contribution in [0.2, 0.25) is 5.02 Å². The molecule has 18 heavy (non-hydrogen) atoms. The van der Waals surface area contributed by atoms with Crippen molar-refractivity contribution in [3.05, 3.63) is 34.3 Å². The Balaban J connectivity index is 2.83. The number of hydrogen-bond acceptors (Lipinski definition) is 2. The summed E-state index contributed by atoms with van der Waals surface area (Å²) in [6, 6.07) is 2.63. The van der Waals surface area contributed by atoms with Gasteiger partial charge in [-0.1, -0.05) is 17.7 Å². The van der Waals surface area contributed by atoms with Crippen molar-refractivity contribution in [1.29, 1.82) is 0 Å². The van der Waals surface area contributed by atoms with Crippen molar-refractivity contribution in [3.63, 3.8) is 0 Å². The fourth-order valence-corrected chi connectivity index (χ4v) is 1.48. The Bertz CT molecular complexity index is 448. The van der Waals surface area contributed by atoms with Gasteiger partial charge in [0.25, 0.3) is 0 Å². The zero-order chi connectivity index (χ0) is 13.9. The predicted octanol–water partition coefficient (Wildman–Crippen LogP) is 2.92. The lowest BCUT2D eigenvalue weighted by Gasteiger charge is -2.13. The van der Waals surface area contributed by atoms with E-state index in [9.17, 15) is 18.0 Å². The second kappa shape index (κ2) is 5.58. The van der Waals surface area contributed by atoms with Crippen molar-refractivity contribution in [3.8, 4) is 0 Å². The molecule has 0 heterocycles. The van der Waals surface area contributed by atoms with Crippen LogP contribution in [0.1, 0.15) is 18.1 Å². The molecule has 0 aliphatic heterocycles. The highest BCUT2D eigenvalue weighted by atomic mass is 35.5. The molecule has 3 nitrogen and oxygen atoms in total. The average molecular weight is 282 g/mol. The van der Waals surface area contributed by atoms with Crippen molar-refractivity contribution in [2.24, 2.45) is 0 Å². The van der Waals surface area contributed by atoms with Gasteiger partial charge in [-0.25, -0.2) is 0 Å². The van der Waals surface area contributed by atoms with Gasteiger partial charge in [0, 0.05) is 6.54 Å². The standard InChI is InChI=1S/C11H11ClF3NO2/c1-6(10(17)18)16-5-7-2-3-9(12)8(4-7)11(13,14)15/h2-4,6,16H,5H2,1H3,(H,17,18). The summed E-state index contributed by atoms with van der Waals surface area (Å²) in [6.07, 6.45) is -4.52. The second-order valence-electron chi connectivity index (χ2n) is 3.75. The molecule has 0 aliphatic rings. The first-order chi connectivity index (χ1) is 8.21. The van der Waals surface area contributed by atoms with Crippen LogP contribution in [0.15, 0.2) is 18.2 Å². The van der Waals surface area contributed by atoms with E-state index in [1.807, 2.05) is 0 Å². The topological polar surface area (TPSA) is 49.3 Å². The molecule has 0 amide bonds. The molecule has 1 aromatic carbocycles. The smallest absolute Gasteiger partial charge is 0.417 e. The van der Waals surface area contributed by atoms with Crippen molar-refractivity contribution in [1.82, 2.24) is 5.32 Å². The van der Waals surface area contributed by atoms with Gasteiger partial charge in [-0.15, -0.1) is 0 Å². The molecule has 1 rings (SSSR count). The first kappa shape index (κ1) is 14.8. The van der Waals surface area contributed by atoms with Crippen LogP contribution in [0.4, 0.5) is 13.2 Å². The van der Waals surface area contributed by atoms with Gasteiger partial charge in [-0.3, -0.25) is 4.79 Å². The fourth-order valence-electron chi connectivity index (χ4n) is 1.26. The number of carboxylic acids is 1. The van der Waals surface area contributed by atoms with Gasteiger partial charge in [0.05, 0.1) is 10.6 Å². The van der Waals surface area contributed by atoms with Crippen LogP contribution in [-0.4, -0.2) is 17.1 Å². The SMILES string of the molecule is CC(NCc1ccc(Cl)c(C(F)(F)F)c1)C(=O)O. The van der Waals surface area contributed by atoms with Crippen LogP contribution in [0.5, 0.6) is 0 Å². The van der Waals surface area contributed by atoms with Crippen LogP contribution in [0.25, 0.3) is 0 Å². The number of hydrogen-bond donors (Lipinski definition) is 2. The van der Waals surface area contributed by atoms with Gasteiger partial charge in [0.15, 0.2) is 0 Å². The molecule has 7 heteroatoms. The lowest BCUT2D eigenvalue weighted by molar-refractivity contribution is -0.139. The third-order valence-electron chi connectivity index (χ3n) is 2.32. The summed E-state index contributed by atoms with van der Waals surface area (Å²) >= 11 is 5.46. The molecule has 1 atom stereocenters. The highest BCUT2D eigenvalue weighted by Gasteiger charge is 2.33. The van der Waals surface area contributed by atoms with E-state index in [2.05, 4.69) is 5.32 Å². The van der Waals surface area contributed by atoms with Crippen LogP contribution in [0.3, 0.4) is 0 Å². The molecule has 100 valence electrons. The third-order valence-corrected chi connectivity index (χ3v) is 2.65. The molecular weight excluding hydrogens is 271 g/mol. The minimum absolute atomic E-state index is 0.0215. The summed E-state index contributed by atoms with van der Waals surface area (Å²) in [7, 11) is 0. The number of benzene rings is 1. The van der Waals surface area contributed by atoms with Crippen molar-refractivity contribution in [2.75, 3.05) is 0 Å². The van der Waals surface area contributed by atoms with E-state index in [1.54, 1.807) is 0 Å². The first-order valence-electron chi connectivity index (χ1n) is 5.03. The van der Waals surface area contributed by atoms with E-state index < -0.39 is 23.8 Å². The minimum Gasteiger partial charge on any atom is -0.480 e. The molecule has 0 saturated heterocycles. The van der Waals surface area contributed by atoms with E-state index in [1.165, 1.54) is 13.0 Å². The van der Waals surface area contributed by atoms with Gasteiger partial charge in [0.1, 0.15) is 6.04 Å². The Morgan fingerprint density at radius 2 is 2.11 bits per heavy atom. The highest BCUT2D eigenvalue weighted by Crippen LogP contribution is 2.35. The maximum Gasteiger partial charge on any atom is 0.417 e. The van der Waals surface area contributed by atoms with Gasteiger partial charge < -0.3 is 10.4 Å². The Hall–Kier alpha value is -1.27. The molecule has 0 radical (unpaired) electrons. The zero-order valence-corrected chi connectivity index (χ0v) is 10.1. The van der Waals surface area contributed by atoms with Crippen LogP contribution < -0.4 is 5.32 Å². The monoisotopic (exact) mass is 281 g/mol. The lowest BCUT2D eigenvalue weighted by Crippen LogP contribution is -2.33. The molecule has 0 aliphatic carbocycles. The summed E-state index contributed by atoms with van der Waals surface area (Å²) in [5.74, 6) is -1.07. The number of halogens is 4. The second-order valence-corrected chi connectivity index (χ2v) is 4.16. The van der Waals surface area contributed by atoms with Crippen molar-refractivity contribution >= 4 is 17.6 Å². The van der Waals surface area contributed by atoms with E-state index in [0.29, 0.717) is 5.56 Å². The minimum atomic E-state index is -4.52. The summed E-state index contributed by atoms with van der Waals surface area (Å²) in [6.45, 7) is 1.43. The van der Waals surface area contributed by atoms with E-state index in [4.69, 9.17) is 16.7 Å². The Labute approximate surface area is 107 Å². The predicted molar refractivity (Wildman–Crippen MR) is 60.4 cm³/mol. The van der Waals surface area contributed by atoms with Gasteiger partial charge in [-0.2, -0.15) is 13.2 Å². The molecule has 0 spiro atoms. The zero-order valence-electron chi connectivity index (χ0n) is 9.38. The largest absolute Gasteiger partial charge is 0.480 e. The highest BCUT2D eigenvalue weighted by molar-refractivity contribution is 6.31.